The number of esters is 1. The second kappa shape index (κ2) is 4.53. The Kier molecular flexibility index (Phi) is 3.58. The number of carbonyl (C=O) groups excluding carboxylic acids is 1. The molecule has 0 saturated carbocycles. The molecule has 0 heterocycles. The third-order valence-corrected chi connectivity index (χ3v) is 2.64. The van der Waals surface area contributed by atoms with Gasteiger partial charge in [0.15, 0.2) is 0 Å². The quantitative estimate of drug-likeness (QED) is 0.624. The average Bonchev–Trinajstić information content (AvgIpc) is 2.16. The number of hydrogen-bond donors (Lipinski definition) is 1. The Morgan fingerprint density at radius 3 is 2.67 bits per heavy atom. The van der Waals surface area contributed by atoms with Crippen molar-refractivity contribution in [3.8, 4) is 0 Å². The fourth-order valence-electron chi connectivity index (χ4n) is 1.36. The first-order valence-electron chi connectivity index (χ1n) is 4.71. The number of aryl methyl sites for hydroxylation is 1. The fourth-order valence-corrected chi connectivity index (χ4v) is 1.62. The summed E-state index contributed by atoms with van der Waals surface area (Å²) in [6, 6.07) is 1.74. The summed E-state index contributed by atoms with van der Waals surface area (Å²) < 4.78 is 4.92. The zero-order chi connectivity index (χ0) is 11.6. The summed E-state index contributed by atoms with van der Waals surface area (Å²) in [6.45, 7) is 5.64. The molecule has 0 radical (unpaired) electrons. The number of benzene rings is 1. The zero-order valence-electron chi connectivity index (χ0n) is 9.06. The first-order chi connectivity index (χ1) is 6.99. The van der Waals surface area contributed by atoms with Crippen molar-refractivity contribution in [3.05, 3.63) is 27.8 Å². The Labute approximate surface area is 94.2 Å². The van der Waals surface area contributed by atoms with Gasteiger partial charge in [-0.05, 0) is 38.0 Å². The molecule has 0 aliphatic rings. The lowest BCUT2D eigenvalue weighted by Crippen LogP contribution is -2.11. The standard InChI is InChI=1S/C11H14ClNO2/c1-4-15-11(14)9-7(3)8(12)5-6(2)10(9)13/h5H,4,13H2,1-3H3. The molecule has 3 nitrogen and oxygen atoms in total. The van der Waals surface area contributed by atoms with E-state index in [2.05, 4.69) is 0 Å². The van der Waals surface area contributed by atoms with Crippen LogP contribution in [0.15, 0.2) is 6.07 Å². The molecule has 0 bridgehead atoms. The van der Waals surface area contributed by atoms with Crippen LogP contribution in [0.1, 0.15) is 28.4 Å². The lowest BCUT2D eigenvalue weighted by Gasteiger charge is -2.12. The van der Waals surface area contributed by atoms with Crippen LogP contribution in [0.2, 0.25) is 5.02 Å². The van der Waals surface area contributed by atoms with E-state index in [4.69, 9.17) is 22.1 Å². The molecule has 82 valence electrons. The van der Waals surface area contributed by atoms with Gasteiger partial charge in [0.05, 0.1) is 12.2 Å². The van der Waals surface area contributed by atoms with Gasteiger partial charge in [0.25, 0.3) is 0 Å². The Morgan fingerprint density at radius 2 is 2.13 bits per heavy atom. The number of nitrogens with two attached hydrogens (primary N) is 1. The van der Waals surface area contributed by atoms with Crippen molar-refractivity contribution >= 4 is 23.3 Å². The highest BCUT2D eigenvalue weighted by Gasteiger charge is 2.17. The van der Waals surface area contributed by atoms with Crippen molar-refractivity contribution in [2.24, 2.45) is 0 Å². The van der Waals surface area contributed by atoms with Gasteiger partial charge >= 0.3 is 5.97 Å². The van der Waals surface area contributed by atoms with Crippen molar-refractivity contribution in [2.75, 3.05) is 12.3 Å². The maximum absolute atomic E-state index is 11.6. The molecule has 0 amide bonds. The van der Waals surface area contributed by atoms with Gasteiger partial charge in [0.2, 0.25) is 0 Å². The Morgan fingerprint density at radius 1 is 1.53 bits per heavy atom. The van der Waals surface area contributed by atoms with Crippen molar-refractivity contribution in [1.82, 2.24) is 0 Å². The molecule has 15 heavy (non-hydrogen) atoms. The minimum atomic E-state index is -0.418. The highest BCUT2D eigenvalue weighted by atomic mass is 35.5. The van der Waals surface area contributed by atoms with Crippen molar-refractivity contribution in [1.29, 1.82) is 0 Å². The van der Waals surface area contributed by atoms with E-state index in [0.717, 1.165) is 5.56 Å². The largest absolute Gasteiger partial charge is 0.462 e. The first kappa shape index (κ1) is 11.9. The number of halogens is 1. The maximum Gasteiger partial charge on any atom is 0.340 e. The van der Waals surface area contributed by atoms with E-state index in [1.165, 1.54) is 0 Å². The smallest absolute Gasteiger partial charge is 0.340 e. The number of carbonyl (C=O) groups is 1. The van der Waals surface area contributed by atoms with Crippen LogP contribution in [-0.2, 0) is 4.74 Å². The highest BCUT2D eigenvalue weighted by Crippen LogP contribution is 2.28. The van der Waals surface area contributed by atoms with Crippen LogP contribution in [0.3, 0.4) is 0 Å². The normalized spacial score (nSPS) is 10.1. The van der Waals surface area contributed by atoms with E-state index in [1.807, 2.05) is 6.92 Å². The summed E-state index contributed by atoms with van der Waals surface area (Å²) >= 11 is 5.97. The summed E-state index contributed by atoms with van der Waals surface area (Å²) in [5.74, 6) is -0.418. The molecule has 0 saturated heterocycles. The number of nitrogen functional groups attached to an aromatic ring is 1. The maximum atomic E-state index is 11.6. The third kappa shape index (κ3) is 2.23. The summed E-state index contributed by atoms with van der Waals surface area (Å²) in [5.41, 5.74) is 8.09. The van der Waals surface area contributed by atoms with E-state index in [-0.39, 0.29) is 0 Å². The SMILES string of the molecule is CCOC(=O)c1c(C)c(Cl)cc(C)c1N. The molecular formula is C11H14ClNO2. The Bertz CT molecular complexity index is 376. The Hall–Kier alpha value is -1.22. The molecule has 0 aromatic heterocycles. The molecule has 0 fully saturated rings. The van der Waals surface area contributed by atoms with E-state index in [1.54, 1.807) is 19.9 Å². The van der Waals surface area contributed by atoms with Gasteiger partial charge < -0.3 is 10.5 Å². The van der Waals surface area contributed by atoms with E-state index >= 15 is 0 Å². The van der Waals surface area contributed by atoms with Crippen LogP contribution in [0, 0.1) is 13.8 Å². The van der Waals surface area contributed by atoms with Crippen LogP contribution in [0.25, 0.3) is 0 Å². The summed E-state index contributed by atoms with van der Waals surface area (Å²) in [4.78, 5) is 11.6. The lowest BCUT2D eigenvalue weighted by molar-refractivity contribution is 0.0526. The number of hydrogen-bond acceptors (Lipinski definition) is 3. The molecule has 0 aliphatic carbocycles. The second-order valence-electron chi connectivity index (χ2n) is 3.31. The van der Waals surface area contributed by atoms with Gasteiger partial charge in [-0.1, -0.05) is 11.6 Å². The lowest BCUT2D eigenvalue weighted by atomic mass is 10.0. The van der Waals surface area contributed by atoms with E-state index in [9.17, 15) is 4.79 Å². The molecular weight excluding hydrogens is 214 g/mol. The second-order valence-corrected chi connectivity index (χ2v) is 3.72. The number of anilines is 1. The van der Waals surface area contributed by atoms with Gasteiger partial charge in [0.1, 0.15) is 0 Å². The minimum Gasteiger partial charge on any atom is -0.462 e. The zero-order valence-corrected chi connectivity index (χ0v) is 9.81. The monoisotopic (exact) mass is 227 g/mol. The van der Waals surface area contributed by atoms with Crippen molar-refractivity contribution < 1.29 is 9.53 Å². The molecule has 1 aromatic rings. The van der Waals surface area contributed by atoms with Crippen LogP contribution in [-0.4, -0.2) is 12.6 Å². The van der Waals surface area contributed by atoms with E-state index in [0.29, 0.717) is 28.4 Å². The van der Waals surface area contributed by atoms with Gasteiger partial charge in [-0.3, -0.25) is 0 Å². The highest BCUT2D eigenvalue weighted by molar-refractivity contribution is 6.32. The van der Waals surface area contributed by atoms with Gasteiger partial charge in [-0.2, -0.15) is 0 Å². The number of ether oxygens (including phenoxy) is 1. The van der Waals surface area contributed by atoms with Crippen LogP contribution < -0.4 is 5.73 Å². The van der Waals surface area contributed by atoms with Crippen molar-refractivity contribution in [2.45, 2.75) is 20.8 Å². The molecule has 1 aromatic carbocycles. The van der Waals surface area contributed by atoms with Crippen LogP contribution in [0.4, 0.5) is 5.69 Å². The fraction of sp³-hybridized carbons (Fsp3) is 0.364. The average molecular weight is 228 g/mol. The van der Waals surface area contributed by atoms with E-state index < -0.39 is 5.97 Å². The molecule has 0 spiro atoms. The van der Waals surface area contributed by atoms with Crippen molar-refractivity contribution in [3.63, 3.8) is 0 Å². The van der Waals surface area contributed by atoms with Gasteiger partial charge in [0, 0.05) is 10.7 Å². The molecule has 0 aliphatic heterocycles. The minimum absolute atomic E-state index is 0.323. The summed E-state index contributed by atoms with van der Waals surface area (Å²) in [7, 11) is 0. The first-order valence-corrected chi connectivity index (χ1v) is 5.09. The van der Waals surface area contributed by atoms with Crippen LogP contribution in [0.5, 0.6) is 0 Å². The predicted molar refractivity (Wildman–Crippen MR) is 61.3 cm³/mol. The summed E-state index contributed by atoms with van der Waals surface area (Å²) in [6.07, 6.45) is 0. The molecule has 2 N–H and O–H groups in total. The van der Waals surface area contributed by atoms with Gasteiger partial charge in [-0.15, -0.1) is 0 Å². The summed E-state index contributed by atoms with van der Waals surface area (Å²) in [5, 5.41) is 0.532. The van der Waals surface area contributed by atoms with Crippen LogP contribution >= 0.6 is 11.6 Å². The molecule has 1 rings (SSSR count). The number of rotatable bonds is 2. The molecule has 0 unspecified atom stereocenters. The molecule has 0 atom stereocenters. The Balaban J connectivity index is 3.32. The van der Waals surface area contributed by atoms with Gasteiger partial charge in [-0.25, -0.2) is 4.79 Å². The third-order valence-electron chi connectivity index (χ3n) is 2.25. The predicted octanol–water partition coefficient (Wildman–Crippen LogP) is 2.72. The molecule has 4 heteroatoms. The topological polar surface area (TPSA) is 52.3 Å².